The Hall–Kier alpha value is -2.96. The fourth-order valence-electron chi connectivity index (χ4n) is 4.53. The lowest BCUT2D eigenvalue weighted by Gasteiger charge is -2.29. The van der Waals surface area contributed by atoms with Crippen molar-refractivity contribution in [2.24, 2.45) is 0 Å². The third-order valence-corrected chi connectivity index (χ3v) is 6.58. The maximum absolute atomic E-state index is 12.9. The quantitative estimate of drug-likeness (QED) is 0.520. The van der Waals surface area contributed by atoms with E-state index in [-0.39, 0.29) is 5.91 Å². The van der Waals surface area contributed by atoms with Gasteiger partial charge in [-0.05, 0) is 54.2 Å². The van der Waals surface area contributed by atoms with Crippen LogP contribution < -0.4 is 4.90 Å². The molecule has 170 valence electrons. The molecule has 1 aromatic heterocycles. The number of rotatable bonds is 6. The number of nitrogens with zero attached hydrogens (tertiary/aromatic N) is 4. The maximum atomic E-state index is 12.9. The van der Waals surface area contributed by atoms with Crippen molar-refractivity contribution in [2.45, 2.75) is 38.6 Å². The number of aryl methyl sites for hydroxylation is 2. The van der Waals surface area contributed by atoms with Crippen LogP contribution in [0.3, 0.4) is 0 Å². The number of anilines is 1. The Balaban J connectivity index is 1.15. The molecule has 0 N–H and O–H groups in total. The van der Waals surface area contributed by atoms with Crippen LogP contribution in [0, 0.1) is 0 Å². The molecule has 2 aromatic carbocycles. The number of aromatic nitrogens is 2. The lowest BCUT2D eigenvalue weighted by Crippen LogP contribution is -2.35. The average molecular weight is 463 g/mol. The van der Waals surface area contributed by atoms with E-state index in [9.17, 15) is 4.79 Å². The van der Waals surface area contributed by atoms with E-state index in [1.165, 1.54) is 11.1 Å². The summed E-state index contributed by atoms with van der Waals surface area (Å²) >= 11 is 5.98. The highest BCUT2D eigenvalue weighted by Gasteiger charge is 2.23. The lowest BCUT2D eigenvalue weighted by molar-refractivity contribution is -0.118. The van der Waals surface area contributed by atoms with Crippen LogP contribution in [0.4, 0.5) is 5.69 Å². The van der Waals surface area contributed by atoms with Gasteiger partial charge in [0.15, 0.2) is 5.82 Å². The van der Waals surface area contributed by atoms with E-state index in [2.05, 4.69) is 39.3 Å². The maximum Gasteiger partial charge on any atom is 0.227 e. The Morgan fingerprint density at radius 1 is 1.06 bits per heavy atom. The molecule has 6 nitrogen and oxygen atoms in total. The first kappa shape index (κ1) is 21.9. The molecule has 0 spiro atoms. The molecule has 0 fully saturated rings. The second kappa shape index (κ2) is 9.89. The highest BCUT2D eigenvalue weighted by molar-refractivity contribution is 6.30. The molecule has 1 amide bonds. The predicted octanol–water partition coefficient (Wildman–Crippen LogP) is 4.92. The molecule has 0 atom stereocenters. The van der Waals surface area contributed by atoms with Gasteiger partial charge in [0.05, 0.1) is 0 Å². The average Bonchev–Trinajstić information content (AvgIpc) is 3.33. The van der Waals surface area contributed by atoms with Gasteiger partial charge < -0.3 is 9.42 Å². The molecule has 0 bridgehead atoms. The third-order valence-electron chi connectivity index (χ3n) is 6.33. The number of amides is 1. The van der Waals surface area contributed by atoms with Crippen molar-refractivity contribution in [3.8, 4) is 0 Å². The molecule has 0 saturated carbocycles. The largest absolute Gasteiger partial charge is 0.339 e. The van der Waals surface area contributed by atoms with Crippen molar-refractivity contribution in [2.75, 3.05) is 24.5 Å². The summed E-state index contributed by atoms with van der Waals surface area (Å²) in [5.41, 5.74) is 4.63. The van der Waals surface area contributed by atoms with Crippen molar-refractivity contribution in [3.63, 3.8) is 0 Å². The number of para-hydroxylation sites is 1. The molecule has 7 heteroatoms. The summed E-state index contributed by atoms with van der Waals surface area (Å²) < 4.78 is 5.46. The van der Waals surface area contributed by atoms with Crippen molar-refractivity contribution < 1.29 is 9.32 Å². The van der Waals surface area contributed by atoms with E-state index >= 15 is 0 Å². The van der Waals surface area contributed by atoms with Gasteiger partial charge in [-0.25, -0.2) is 0 Å². The van der Waals surface area contributed by atoms with Crippen LogP contribution in [0.25, 0.3) is 5.57 Å². The highest BCUT2D eigenvalue weighted by atomic mass is 35.5. The van der Waals surface area contributed by atoms with E-state index in [0.29, 0.717) is 24.6 Å². The molecule has 5 rings (SSSR count). The molecule has 0 saturated heterocycles. The summed E-state index contributed by atoms with van der Waals surface area (Å²) in [6, 6.07) is 16.1. The smallest absolute Gasteiger partial charge is 0.227 e. The Labute approximate surface area is 198 Å². The van der Waals surface area contributed by atoms with Gasteiger partial charge in [0.25, 0.3) is 0 Å². The van der Waals surface area contributed by atoms with Gasteiger partial charge in [-0.2, -0.15) is 4.98 Å². The fourth-order valence-corrected chi connectivity index (χ4v) is 4.66. The lowest BCUT2D eigenvalue weighted by atomic mass is 10.0. The minimum Gasteiger partial charge on any atom is -0.339 e. The van der Waals surface area contributed by atoms with E-state index in [1.807, 2.05) is 35.2 Å². The van der Waals surface area contributed by atoms with Gasteiger partial charge in [-0.1, -0.05) is 53.2 Å². The zero-order valence-electron chi connectivity index (χ0n) is 18.5. The molecular formula is C26H27ClN4O2. The number of hydrogen-bond donors (Lipinski definition) is 0. The van der Waals surface area contributed by atoms with E-state index in [0.717, 1.165) is 61.7 Å². The minimum atomic E-state index is 0.108. The number of hydrogen-bond acceptors (Lipinski definition) is 5. The van der Waals surface area contributed by atoms with Crippen LogP contribution in [-0.4, -0.2) is 40.6 Å². The minimum absolute atomic E-state index is 0.108. The number of fused-ring (bicyclic) bond motifs is 1. The SMILES string of the molecule is O=C(CCc1nc(C2=CCN(Cc3ccc(Cl)cc3)CC2)no1)N1CCCc2ccccc21. The van der Waals surface area contributed by atoms with Gasteiger partial charge in [0.2, 0.25) is 11.8 Å². The zero-order chi connectivity index (χ0) is 22.6. The number of halogens is 1. The van der Waals surface area contributed by atoms with Gasteiger partial charge >= 0.3 is 0 Å². The van der Waals surface area contributed by atoms with Crippen LogP contribution in [0.5, 0.6) is 0 Å². The molecule has 3 heterocycles. The Morgan fingerprint density at radius 2 is 1.91 bits per heavy atom. The molecule has 2 aliphatic heterocycles. The standard InChI is InChI=1S/C26H27ClN4O2/c27-22-9-7-19(8-10-22)18-30-16-13-21(14-17-30)26-28-24(33-29-26)11-12-25(32)31-15-3-5-20-4-1-2-6-23(20)31/h1-2,4,6-10,13H,3,5,11-12,14-18H2. The fraction of sp³-hybridized carbons (Fsp3) is 0.346. The first-order valence-electron chi connectivity index (χ1n) is 11.5. The molecule has 0 unspecified atom stereocenters. The second-order valence-electron chi connectivity index (χ2n) is 8.63. The summed E-state index contributed by atoms with van der Waals surface area (Å²) in [6.45, 7) is 3.43. The van der Waals surface area contributed by atoms with E-state index in [1.54, 1.807) is 0 Å². The van der Waals surface area contributed by atoms with Crippen LogP contribution >= 0.6 is 11.6 Å². The van der Waals surface area contributed by atoms with Gasteiger partial charge in [0.1, 0.15) is 0 Å². The molecule has 0 aliphatic carbocycles. The summed E-state index contributed by atoms with van der Waals surface area (Å²) in [5.74, 6) is 1.27. The Bertz CT molecular complexity index is 1160. The second-order valence-corrected chi connectivity index (χ2v) is 9.07. The Kier molecular flexibility index (Phi) is 6.55. The van der Waals surface area contributed by atoms with Crippen LogP contribution in [0.2, 0.25) is 5.02 Å². The van der Waals surface area contributed by atoms with Gasteiger partial charge in [-0.3, -0.25) is 9.69 Å². The zero-order valence-corrected chi connectivity index (χ0v) is 19.3. The van der Waals surface area contributed by atoms with E-state index < -0.39 is 0 Å². The van der Waals surface area contributed by atoms with Crippen LogP contribution in [0.15, 0.2) is 59.1 Å². The molecular weight excluding hydrogens is 436 g/mol. The molecule has 3 aromatic rings. The van der Waals surface area contributed by atoms with Gasteiger partial charge in [0, 0.05) is 49.7 Å². The van der Waals surface area contributed by atoms with Crippen molar-refractivity contribution in [3.05, 3.63) is 82.5 Å². The Morgan fingerprint density at radius 3 is 2.73 bits per heavy atom. The number of benzene rings is 2. The first-order chi connectivity index (χ1) is 16.2. The molecule has 0 radical (unpaired) electrons. The molecule has 2 aliphatic rings. The van der Waals surface area contributed by atoms with Crippen molar-refractivity contribution in [1.82, 2.24) is 15.0 Å². The third kappa shape index (κ3) is 5.18. The normalized spacial score (nSPS) is 16.4. The number of carbonyl (C=O) groups excluding carboxylic acids is 1. The van der Waals surface area contributed by atoms with Crippen LogP contribution in [0.1, 0.15) is 42.1 Å². The monoisotopic (exact) mass is 462 g/mol. The highest BCUT2D eigenvalue weighted by Crippen LogP contribution is 2.27. The van der Waals surface area contributed by atoms with Crippen molar-refractivity contribution in [1.29, 1.82) is 0 Å². The summed E-state index contributed by atoms with van der Waals surface area (Å²) in [5, 5.41) is 4.93. The summed E-state index contributed by atoms with van der Waals surface area (Å²) in [4.78, 5) is 21.7. The van der Waals surface area contributed by atoms with E-state index in [4.69, 9.17) is 16.1 Å². The number of carbonyl (C=O) groups is 1. The van der Waals surface area contributed by atoms with Gasteiger partial charge in [-0.15, -0.1) is 0 Å². The summed E-state index contributed by atoms with van der Waals surface area (Å²) in [6.07, 6.45) is 5.89. The first-order valence-corrected chi connectivity index (χ1v) is 11.9. The predicted molar refractivity (Wildman–Crippen MR) is 129 cm³/mol. The molecule has 33 heavy (non-hydrogen) atoms. The summed E-state index contributed by atoms with van der Waals surface area (Å²) in [7, 11) is 0. The van der Waals surface area contributed by atoms with Crippen LogP contribution in [-0.2, 0) is 24.2 Å². The van der Waals surface area contributed by atoms with Crippen molar-refractivity contribution >= 4 is 28.8 Å². The topological polar surface area (TPSA) is 62.5 Å².